The van der Waals surface area contributed by atoms with Crippen molar-refractivity contribution in [3.8, 4) is 0 Å². The summed E-state index contributed by atoms with van der Waals surface area (Å²) in [6, 6.07) is 8.71. The number of halogens is 3. The minimum atomic E-state index is -3.90. The first kappa shape index (κ1) is 26.9. The molecule has 0 spiro atoms. The van der Waals surface area contributed by atoms with Crippen LogP contribution in [0.1, 0.15) is 25.8 Å². The lowest BCUT2D eigenvalue weighted by atomic mass is 10.1. The number of hydrogen-bond donors (Lipinski definition) is 1. The fourth-order valence-corrected chi connectivity index (χ4v) is 4.65. The molecule has 0 radical (unpaired) electrons. The van der Waals surface area contributed by atoms with Crippen LogP contribution in [0.15, 0.2) is 42.5 Å². The number of carbonyl (C=O) groups is 2. The van der Waals surface area contributed by atoms with Crippen molar-refractivity contribution in [1.29, 1.82) is 0 Å². The number of likely N-dealkylation sites (N-methyl/N-ethyl adjacent to an activating group) is 1. The molecule has 1 N–H and O–H groups in total. The minimum absolute atomic E-state index is 0.103. The number of nitrogens with zero attached hydrogens (tertiary/aromatic N) is 2. The Balaban J connectivity index is 2.48. The van der Waals surface area contributed by atoms with Gasteiger partial charge in [-0.3, -0.25) is 13.9 Å². The molecule has 11 heteroatoms. The summed E-state index contributed by atoms with van der Waals surface area (Å²) >= 11 is 12.6. The van der Waals surface area contributed by atoms with Gasteiger partial charge in [0, 0.05) is 28.7 Å². The Morgan fingerprint density at radius 1 is 1.06 bits per heavy atom. The number of hydrogen-bond acceptors (Lipinski definition) is 4. The molecule has 180 valence electrons. The number of anilines is 1. The largest absolute Gasteiger partial charge is 0.355 e. The summed E-state index contributed by atoms with van der Waals surface area (Å²) in [5.74, 6) is -1.57. The van der Waals surface area contributed by atoms with Gasteiger partial charge in [-0.15, -0.1) is 0 Å². The molecule has 0 saturated carbocycles. The predicted octanol–water partition coefficient (Wildman–Crippen LogP) is 3.84. The number of amides is 2. The zero-order chi connectivity index (χ0) is 24.8. The van der Waals surface area contributed by atoms with Crippen LogP contribution >= 0.6 is 23.2 Å². The lowest BCUT2D eigenvalue weighted by Gasteiger charge is -2.33. The number of sulfonamides is 1. The standard InChI is InChI=1S/C22H26Cl2FN3O4S/c1-4-20(22(30)26-5-2)27(13-17-18(23)7-6-8-19(17)24)21(29)14-28(33(3,31)32)16-11-9-15(25)10-12-16/h6-12,20H,4-5,13-14H2,1-3H3,(H,26,30)/t20-/m1/s1. The van der Waals surface area contributed by atoms with Crippen molar-refractivity contribution in [2.75, 3.05) is 23.7 Å². The molecule has 2 amide bonds. The fourth-order valence-electron chi connectivity index (χ4n) is 3.29. The van der Waals surface area contributed by atoms with Gasteiger partial charge >= 0.3 is 0 Å². The van der Waals surface area contributed by atoms with E-state index in [0.717, 1.165) is 22.7 Å². The van der Waals surface area contributed by atoms with Gasteiger partial charge in [0.15, 0.2) is 0 Å². The van der Waals surface area contributed by atoms with Crippen molar-refractivity contribution < 1.29 is 22.4 Å². The molecule has 33 heavy (non-hydrogen) atoms. The average Bonchev–Trinajstić information content (AvgIpc) is 2.74. The van der Waals surface area contributed by atoms with Crippen LogP contribution in [0, 0.1) is 5.82 Å². The number of carbonyl (C=O) groups excluding carboxylic acids is 2. The third kappa shape index (κ3) is 7.06. The Hall–Kier alpha value is -2.36. The normalized spacial score (nSPS) is 12.2. The highest BCUT2D eigenvalue weighted by atomic mass is 35.5. The Morgan fingerprint density at radius 3 is 2.12 bits per heavy atom. The van der Waals surface area contributed by atoms with Crippen LogP contribution in [-0.2, 0) is 26.2 Å². The Bertz CT molecular complexity index is 1080. The molecule has 0 aliphatic heterocycles. The van der Waals surface area contributed by atoms with Crippen LogP contribution in [0.25, 0.3) is 0 Å². The molecule has 0 heterocycles. The molecule has 0 aliphatic rings. The van der Waals surface area contributed by atoms with E-state index in [9.17, 15) is 22.4 Å². The lowest BCUT2D eigenvalue weighted by Crippen LogP contribution is -2.52. The molecule has 2 rings (SSSR count). The van der Waals surface area contributed by atoms with Crippen molar-refractivity contribution in [3.63, 3.8) is 0 Å². The number of nitrogens with one attached hydrogen (secondary N) is 1. The molecule has 0 aliphatic carbocycles. The van der Waals surface area contributed by atoms with Gasteiger partial charge in [0.1, 0.15) is 18.4 Å². The molecule has 2 aromatic rings. The van der Waals surface area contributed by atoms with Crippen LogP contribution in [0.4, 0.5) is 10.1 Å². The van der Waals surface area contributed by atoms with E-state index in [-0.39, 0.29) is 24.6 Å². The van der Waals surface area contributed by atoms with E-state index in [0.29, 0.717) is 22.2 Å². The van der Waals surface area contributed by atoms with Crippen LogP contribution < -0.4 is 9.62 Å². The van der Waals surface area contributed by atoms with E-state index < -0.39 is 34.3 Å². The highest BCUT2D eigenvalue weighted by molar-refractivity contribution is 7.92. The number of benzene rings is 2. The van der Waals surface area contributed by atoms with Gasteiger partial charge in [-0.1, -0.05) is 36.2 Å². The van der Waals surface area contributed by atoms with Crippen molar-refractivity contribution in [2.24, 2.45) is 0 Å². The van der Waals surface area contributed by atoms with Gasteiger partial charge in [0.25, 0.3) is 0 Å². The monoisotopic (exact) mass is 517 g/mol. The van der Waals surface area contributed by atoms with Gasteiger partial charge in [-0.25, -0.2) is 12.8 Å². The van der Waals surface area contributed by atoms with Crippen LogP contribution in [0.2, 0.25) is 10.0 Å². The Kier molecular flexibility index (Phi) is 9.51. The summed E-state index contributed by atoms with van der Waals surface area (Å²) in [5.41, 5.74) is 0.554. The van der Waals surface area contributed by atoms with Crippen LogP contribution in [0.3, 0.4) is 0 Å². The van der Waals surface area contributed by atoms with E-state index in [4.69, 9.17) is 23.2 Å². The van der Waals surface area contributed by atoms with E-state index in [1.165, 1.54) is 17.0 Å². The van der Waals surface area contributed by atoms with E-state index >= 15 is 0 Å². The first-order chi connectivity index (χ1) is 15.5. The molecule has 0 fully saturated rings. The molecular weight excluding hydrogens is 492 g/mol. The molecule has 0 unspecified atom stereocenters. The summed E-state index contributed by atoms with van der Waals surface area (Å²) in [6.07, 6.45) is 1.22. The first-order valence-electron chi connectivity index (χ1n) is 10.2. The topological polar surface area (TPSA) is 86.8 Å². The highest BCUT2D eigenvalue weighted by Crippen LogP contribution is 2.27. The molecule has 0 bridgehead atoms. The SMILES string of the molecule is CCNC(=O)[C@@H](CC)N(Cc1c(Cl)cccc1Cl)C(=O)CN(c1ccc(F)cc1)S(C)(=O)=O. The summed E-state index contributed by atoms with van der Waals surface area (Å²) in [7, 11) is -3.90. The summed E-state index contributed by atoms with van der Waals surface area (Å²) in [4.78, 5) is 27.4. The predicted molar refractivity (Wildman–Crippen MR) is 128 cm³/mol. The fraction of sp³-hybridized carbons (Fsp3) is 0.364. The zero-order valence-corrected chi connectivity index (χ0v) is 20.8. The van der Waals surface area contributed by atoms with Crippen molar-refractivity contribution in [1.82, 2.24) is 10.2 Å². The maximum Gasteiger partial charge on any atom is 0.244 e. The van der Waals surface area contributed by atoms with Gasteiger partial charge in [0.2, 0.25) is 21.8 Å². The Labute approximate surface area is 203 Å². The van der Waals surface area contributed by atoms with E-state index in [1.54, 1.807) is 32.0 Å². The highest BCUT2D eigenvalue weighted by Gasteiger charge is 2.32. The molecular formula is C22H26Cl2FN3O4S. The molecule has 0 aromatic heterocycles. The second kappa shape index (κ2) is 11.7. The number of rotatable bonds is 10. The maximum absolute atomic E-state index is 13.5. The van der Waals surface area contributed by atoms with E-state index in [2.05, 4.69) is 5.32 Å². The summed E-state index contributed by atoms with van der Waals surface area (Å²) < 4.78 is 39.1. The molecule has 0 saturated heterocycles. The van der Waals surface area contributed by atoms with Gasteiger partial charge in [0.05, 0.1) is 11.9 Å². The Morgan fingerprint density at radius 2 is 1.64 bits per heavy atom. The van der Waals surface area contributed by atoms with Crippen molar-refractivity contribution in [3.05, 3.63) is 63.9 Å². The van der Waals surface area contributed by atoms with Gasteiger partial charge in [-0.05, 0) is 49.7 Å². The quantitative estimate of drug-likeness (QED) is 0.518. The van der Waals surface area contributed by atoms with Gasteiger partial charge < -0.3 is 10.2 Å². The van der Waals surface area contributed by atoms with Crippen molar-refractivity contribution in [2.45, 2.75) is 32.9 Å². The van der Waals surface area contributed by atoms with Crippen LogP contribution in [-0.4, -0.2) is 50.5 Å². The van der Waals surface area contributed by atoms with Crippen LogP contribution in [0.5, 0.6) is 0 Å². The molecule has 7 nitrogen and oxygen atoms in total. The average molecular weight is 518 g/mol. The minimum Gasteiger partial charge on any atom is -0.355 e. The van der Waals surface area contributed by atoms with E-state index in [1.807, 2.05) is 0 Å². The summed E-state index contributed by atoms with van der Waals surface area (Å²) in [6.45, 7) is 3.15. The third-order valence-corrected chi connectivity index (χ3v) is 6.77. The third-order valence-electron chi connectivity index (χ3n) is 4.92. The molecule has 2 aromatic carbocycles. The van der Waals surface area contributed by atoms with Gasteiger partial charge in [-0.2, -0.15) is 0 Å². The maximum atomic E-state index is 13.5. The second-order valence-corrected chi connectivity index (χ2v) is 10.0. The lowest BCUT2D eigenvalue weighted by molar-refractivity contribution is -0.140. The van der Waals surface area contributed by atoms with Crippen molar-refractivity contribution >= 4 is 50.7 Å². The molecule has 1 atom stereocenters. The second-order valence-electron chi connectivity index (χ2n) is 7.29. The summed E-state index contributed by atoms with van der Waals surface area (Å²) in [5, 5.41) is 3.32. The first-order valence-corrected chi connectivity index (χ1v) is 12.8. The zero-order valence-electron chi connectivity index (χ0n) is 18.5. The smallest absolute Gasteiger partial charge is 0.244 e.